The van der Waals surface area contributed by atoms with Crippen LogP contribution < -0.4 is 5.32 Å². The van der Waals surface area contributed by atoms with Gasteiger partial charge in [-0.05, 0) is 30.7 Å². The van der Waals surface area contributed by atoms with Gasteiger partial charge in [0.1, 0.15) is 5.82 Å². The van der Waals surface area contributed by atoms with Crippen LogP contribution in [0.2, 0.25) is 0 Å². The molecule has 2 heterocycles. The SMILES string of the molecule is C=C(Nc1nc(-c2ccccc2C(F)(F)F)cc2[nH]ccc12)c1ccccc1C.CCCCCC. The average molecular weight is 480 g/mol. The van der Waals surface area contributed by atoms with Gasteiger partial charge in [-0.15, -0.1) is 0 Å². The van der Waals surface area contributed by atoms with Crippen molar-refractivity contribution in [2.45, 2.75) is 52.6 Å². The molecule has 0 aliphatic heterocycles. The zero-order valence-electron chi connectivity index (χ0n) is 20.5. The third kappa shape index (κ3) is 6.53. The van der Waals surface area contributed by atoms with Crippen molar-refractivity contribution in [3.8, 4) is 11.3 Å². The first-order valence-corrected chi connectivity index (χ1v) is 11.9. The fourth-order valence-electron chi connectivity index (χ4n) is 3.87. The summed E-state index contributed by atoms with van der Waals surface area (Å²) < 4.78 is 40.5. The standard InChI is InChI=1S/C23H18F3N3.C6H14/c1-14-7-3-4-8-16(14)15(2)28-22-18-11-12-27-20(18)13-21(29-22)17-9-5-6-10-19(17)23(24,25)26;1-3-5-6-4-2/h3-13,27H,2H2,1H3,(H,28,29);3-6H2,1-2H3. The van der Waals surface area contributed by atoms with Crippen LogP contribution in [0.25, 0.3) is 27.9 Å². The highest BCUT2D eigenvalue weighted by Crippen LogP contribution is 2.38. The van der Waals surface area contributed by atoms with Crippen molar-refractivity contribution in [1.29, 1.82) is 0 Å². The van der Waals surface area contributed by atoms with Crippen molar-refractivity contribution in [3.05, 3.63) is 90.1 Å². The Morgan fingerprint density at radius 1 is 0.971 bits per heavy atom. The molecule has 0 aliphatic carbocycles. The van der Waals surface area contributed by atoms with Crippen molar-refractivity contribution >= 4 is 22.4 Å². The van der Waals surface area contributed by atoms with E-state index in [9.17, 15) is 13.2 Å². The summed E-state index contributed by atoms with van der Waals surface area (Å²) in [4.78, 5) is 7.58. The highest BCUT2D eigenvalue weighted by Gasteiger charge is 2.33. The minimum atomic E-state index is -4.47. The van der Waals surface area contributed by atoms with Crippen LogP contribution in [-0.4, -0.2) is 9.97 Å². The average Bonchev–Trinajstić information content (AvgIpc) is 3.32. The van der Waals surface area contributed by atoms with E-state index in [1.54, 1.807) is 18.3 Å². The molecule has 2 aromatic heterocycles. The Labute approximate surface area is 205 Å². The van der Waals surface area contributed by atoms with E-state index in [0.29, 0.717) is 17.0 Å². The summed E-state index contributed by atoms with van der Waals surface area (Å²) in [6.07, 6.45) is 2.80. The number of alkyl halides is 3. The van der Waals surface area contributed by atoms with Gasteiger partial charge in [-0.1, -0.05) is 88.6 Å². The van der Waals surface area contributed by atoms with Gasteiger partial charge in [-0.25, -0.2) is 4.98 Å². The number of aromatic amines is 1. The lowest BCUT2D eigenvalue weighted by Gasteiger charge is -2.16. The molecule has 35 heavy (non-hydrogen) atoms. The number of hydrogen-bond acceptors (Lipinski definition) is 2. The summed E-state index contributed by atoms with van der Waals surface area (Å²) in [6, 6.07) is 16.6. The van der Waals surface area contributed by atoms with Crippen molar-refractivity contribution < 1.29 is 13.2 Å². The lowest BCUT2D eigenvalue weighted by molar-refractivity contribution is -0.137. The molecule has 3 nitrogen and oxygen atoms in total. The number of pyridine rings is 1. The molecule has 184 valence electrons. The van der Waals surface area contributed by atoms with Crippen LogP contribution in [-0.2, 0) is 6.18 Å². The van der Waals surface area contributed by atoms with Gasteiger partial charge in [-0.2, -0.15) is 13.2 Å². The summed E-state index contributed by atoms with van der Waals surface area (Å²) in [7, 11) is 0. The first-order valence-electron chi connectivity index (χ1n) is 11.9. The second-order valence-electron chi connectivity index (χ2n) is 8.46. The number of benzene rings is 2. The zero-order chi connectivity index (χ0) is 25.4. The molecule has 0 aliphatic rings. The molecule has 0 unspecified atom stereocenters. The molecule has 2 aromatic carbocycles. The largest absolute Gasteiger partial charge is 0.417 e. The Balaban J connectivity index is 0.000000509. The summed E-state index contributed by atoms with van der Waals surface area (Å²) in [5.74, 6) is 0.448. The lowest BCUT2D eigenvalue weighted by Crippen LogP contribution is -2.08. The highest BCUT2D eigenvalue weighted by molar-refractivity contribution is 5.96. The van der Waals surface area contributed by atoms with Gasteiger partial charge in [0.05, 0.1) is 16.8 Å². The third-order valence-corrected chi connectivity index (χ3v) is 5.75. The van der Waals surface area contributed by atoms with E-state index >= 15 is 0 Å². The Morgan fingerprint density at radius 2 is 1.63 bits per heavy atom. The number of halogens is 3. The minimum Gasteiger partial charge on any atom is -0.361 e. The summed E-state index contributed by atoms with van der Waals surface area (Å²) in [6.45, 7) is 10.5. The quantitative estimate of drug-likeness (QED) is 0.259. The molecular formula is C29H32F3N3. The van der Waals surface area contributed by atoms with Crippen LogP contribution in [0.15, 0.2) is 73.4 Å². The van der Waals surface area contributed by atoms with Crippen molar-refractivity contribution in [1.82, 2.24) is 9.97 Å². The van der Waals surface area contributed by atoms with Crippen LogP contribution in [0.5, 0.6) is 0 Å². The van der Waals surface area contributed by atoms with E-state index < -0.39 is 11.7 Å². The Morgan fingerprint density at radius 3 is 2.29 bits per heavy atom. The van der Waals surface area contributed by atoms with Crippen molar-refractivity contribution in [3.63, 3.8) is 0 Å². The second kappa shape index (κ2) is 11.7. The number of rotatable bonds is 7. The van der Waals surface area contributed by atoms with E-state index in [2.05, 4.69) is 35.7 Å². The van der Waals surface area contributed by atoms with Gasteiger partial charge in [0.2, 0.25) is 0 Å². The van der Waals surface area contributed by atoms with E-state index in [1.807, 2.05) is 37.3 Å². The van der Waals surface area contributed by atoms with Gasteiger partial charge in [0.25, 0.3) is 0 Å². The Kier molecular flexibility index (Phi) is 8.74. The summed E-state index contributed by atoms with van der Waals surface area (Å²) in [5.41, 5.74) is 2.80. The van der Waals surface area contributed by atoms with Gasteiger partial charge >= 0.3 is 6.18 Å². The maximum absolute atomic E-state index is 13.5. The third-order valence-electron chi connectivity index (χ3n) is 5.75. The minimum absolute atomic E-state index is 0.0288. The molecule has 0 bridgehead atoms. The molecule has 0 radical (unpaired) electrons. The molecule has 0 saturated heterocycles. The smallest absolute Gasteiger partial charge is 0.361 e. The number of fused-ring (bicyclic) bond motifs is 1. The molecule has 0 amide bonds. The molecule has 0 atom stereocenters. The number of nitrogens with one attached hydrogen (secondary N) is 2. The molecule has 4 rings (SSSR count). The molecule has 0 fully saturated rings. The maximum Gasteiger partial charge on any atom is 0.417 e. The first kappa shape index (κ1) is 26.1. The number of hydrogen-bond donors (Lipinski definition) is 2. The van der Waals surface area contributed by atoms with E-state index in [-0.39, 0.29) is 11.3 Å². The molecule has 4 aromatic rings. The van der Waals surface area contributed by atoms with Crippen molar-refractivity contribution in [2.24, 2.45) is 0 Å². The van der Waals surface area contributed by atoms with E-state index in [4.69, 9.17) is 0 Å². The van der Waals surface area contributed by atoms with Gasteiger partial charge in [0.15, 0.2) is 0 Å². The summed E-state index contributed by atoms with van der Waals surface area (Å²) >= 11 is 0. The monoisotopic (exact) mass is 479 g/mol. The molecule has 0 saturated carbocycles. The lowest BCUT2D eigenvalue weighted by atomic mass is 10.0. The van der Waals surface area contributed by atoms with Crippen LogP contribution in [0.1, 0.15) is 56.2 Å². The number of anilines is 1. The number of unbranched alkanes of at least 4 members (excludes halogenated alkanes) is 3. The van der Waals surface area contributed by atoms with Crippen LogP contribution in [0.3, 0.4) is 0 Å². The number of nitrogens with zero attached hydrogens (tertiary/aromatic N) is 1. The Bertz CT molecular complexity index is 1270. The van der Waals surface area contributed by atoms with E-state index in [0.717, 1.165) is 22.6 Å². The van der Waals surface area contributed by atoms with Gasteiger partial charge < -0.3 is 10.3 Å². The highest BCUT2D eigenvalue weighted by atomic mass is 19.4. The number of aromatic nitrogens is 2. The fraction of sp³-hybridized carbons (Fsp3) is 0.276. The number of H-pyrrole nitrogens is 1. The predicted molar refractivity (Wildman–Crippen MR) is 140 cm³/mol. The van der Waals surface area contributed by atoms with Crippen LogP contribution in [0, 0.1) is 6.92 Å². The summed E-state index contributed by atoms with van der Waals surface area (Å²) in [5, 5.41) is 3.96. The fourth-order valence-corrected chi connectivity index (χ4v) is 3.87. The number of aryl methyl sites for hydroxylation is 1. The normalized spacial score (nSPS) is 11.1. The second-order valence-corrected chi connectivity index (χ2v) is 8.46. The van der Waals surface area contributed by atoms with Gasteiger partial charge in [-0.3, -0.25) is 0 Å². The maximum atomic E-state index is 13.5. The molecule has 6 heteroatoms. The topological polar surface area (TPSA) is 40.7 Å². The van der Waals surface area contributed by atoms with Gasteiger partial charge in [0, 0.05) is 28.4 Å². The Hall–Kier alpha value is -3.54. The predicted octanol–water partition coefficient (Wildman–Crippen LogP) is 9.23. The zero-order valence-corrected chi connectivity index (χ0v) is 20.5. The van der Waals surface area contributed by atoms with E-state index in [1.165, 1.54) is 37.8 Å². The molecular weight excluding hydrogens is 447 g/mol. The molecule has 2 N–H and O–H groups in total. The first-order chi connectivity index (χ1) is 16.8. The van der Waals surface area contributed by atoms with Crippen LogP contribution >= 0.6 is 0 Å². The van der Waals surface area contributed by atoms with Crippen LogP contribution in [0.4, 0.5) is 19.0 Å². The molecule has 0 spiro atoms. The van der Waals surface area contributed by atoms with Crippen molar-refractivity contribution in [2.75, 3.05) is 5.32 Å².